The summed E-state index contributed by atoms with van der Waals surface area (Å²) in [6.07, 6.45) is 5.26. The van der Waals surface area contributed by atoms with E-state index in [0.29, 0.717) is 23.9 Å². The van der Waals surface area contributed by atoms with Crippen LogP contribution in [0.3, 0.4) is 0 Å². The van der Waals surface area contributed by atoms with Gasteiger partial charge in [0, 0.05) is 35.2 Å². The third-order valence-corrected chi connectivity index (χ3v) is 8.37. The molecule has 2 unspecified atom stereocenters. The lowest BCUT2D eigenvalue weighted by Crippen LogP contribution is -2.23. The molecule has 2 atom stereocenters. The fraction of sp³-hybridized carbons (Fsp3) is 0.290. The van der Waals surface area contributed by atoms with E-state index in [4.69, 9.17) is 16.3 Å². The van der Waals surface area contributed by atoms with Crippen molar-refractivity contribution < 1.29 is 27.4 Å². The zero-order chi connectivity index (χ0) is 29.6. The molecule has 1 aliphatic carbocycles. The molecule has 1 N–H and O–H groups in total. The highest BCUT2D eigenvalue weighted by atomic mass is 35.5. The van der Waals surface area contributed by atoms with Crippen molar-refractivity contribution in [3.63, 3.8) is 0 Å². The summed E-state index contributed by atoms with van der Waals surface area (Å²) in [5.41, 5.74) is -0.708. The molecule has 0 amide bonds. The van der Waals surface area contributed by atoms with Gasteiger partial charge in [-0.25, -0.2) is 27.5 Å². The Hall–Kier alpha value is -3.27. The van der Waals surface area contributed by atoms with Crippen molar-refractivity contribution in [2.24, 2.45) is 5.92 Å². The minimum absolute atomic E-state index is 0.0726. The maximum Gasteiger partial charge on any atom is 0.155 e. The first-order valence-electron chi connectivity index (χ1n) is 12.9. The van der Waals surface area contributed by atoms with Crippen LogP contribution in [0.5, 0.6) is 5.75 Å². The van der Waals surface area contributed by atoms with Crippen LogP contribution in [0.25, 0.3) is 21.5 Å². The highest BCUT2D eigenvalue weighted by Gasteiger charge is 2.32. The number of allylic oxidation sites excluding steroid dienone is 4. The molecule has 2 aromatic heterocycles. The van der Waals surface area contributed by atoms with Crippen LogP contribution < -0.4 is 4.74 Å². The Labute approximate surface area is 244 Å². The summed E-state index contributed by atoms with van der Waals surface area (Å²) >= 11 is 7.44. The molecular weight excluding hydrogens is 576 g/mol. The second kappa shape index (κ2) is 11.2. The van der Waals surface area contributed by atoms with Gasteiger partial charge in [-0.2, -0.15) is 0 Å². The lowest BCUT2D eigenvalue weighted by atomic mass is 9.79. The fourth-order valence-corrected chi connectivity index (χ4v) is 6.25. The van der Waals surface area contributed by atoms with E-state index in [1.807, 2.05) is 25.1 Å². The Morgan fingerprint density at radius 2 is 1.85 bits per heavy atom. The summed E-state index contributed by atoms with van der Waals surface area (Å²) in [7, 11) is 1.56. The quantitative estimate of drug-likeness (QED) is 0.170. The molecule has 0 radical (unpaired) electrons. The van der Waals surface area contributed by atoms with Gasteiger partial charge in [0.15, 0.2) is 5.82 Å². The predicted molar refractivity (Wildman–Crippen MR) is 154 cm³/mol. The molecule has 2 heterocycles. The number of hydrogen-bond acceptors (Lipinski definition) is 5. The number of benzene rings is 2. The molecule has 1 aliphatic rings. The maximum absolute atomic E-state index is 15.9. The number of halogens is 5. The van der Waals surface area contributed by atoms with E-state index in [1.54, 1.807) is 13.2 Å². The molecule has 0 fully saturated rings. The Balaban J connectivity index is 1.72. The van der Waals surface area contributed by atoms with E-state index < -0.39 is 45.6 Å². The summed E-state index contributed by atoms with van der Waals surface area (Å²) < 4.78 is 65.9. The average Bonchev–Trinajstić information content (AvgIpc) is 3.28. The first-order valence-corrected chi connectivity index (χ1v) is 14.1. The number of pyridine rings is 1. The van der Waals surface area contributed by atoms with Gasteiger partial charge in [0.1, 0.15) is 34.4 Å². The van der Waals surface area contributed by atoms with Crippen molar-refractivity contribution in [1.29, 1.82) is 0 Å². The van der Waals surface area contributed by atoms with Crippen LogP contribution >= 0.6 is 22.9 Å². The molecule has 10 heteroatoms. The lowest BCUT2D eigenvalue weighted by Gasteiger charge is -2.29. The minimum atomic E-state index is -1.68. The number of nitrogens with zero attached hydrogens (tertiary/aromatic N) is 2. The van der Waals surface area contributed by atoms with E-state index >= 15 is 4.39 Å². The third kappa shape index (κ3) is 5.89. The second-order valence-electron chi connectivity index (χ2n) is 10.6. The highest BCUT2D eigenvalue weighted by Crippen LogP contribution is 2.41. The van der Waals surface area contributed by atoms with Crippen molar-refractivity contribution in [2.75, 3.05) is 7.11 Å². The van der Waals surface area contributed by atoms with Gasteiger partial charge in [0.05, 0.1) is 27.4 Å². The minimum Gasteiger partial charge on any atom is -0.494 e. The van der Waals surface area contributed by atoms with Crippen molar-refractivity contribution in [3.8, 4) is 17.0 Å². The van der Waals surface area contributed by atoms with Crippen molar-refractivity contribution in [2.45, 2.75) is 45.1 Å². The Bertz CT molecular complexity index is 1710. The smallest absolute Gasteiger partial charge is 0.155 e. The number of aryl methyl sites for hydroxylation is 1. The third-order valence-electron chi connectivity index (χ3n) is 7.17. The second-order valence-corrected chi connectivity index (χ2v) is 12.3. The van der Waals surface area contributed by atoms with Crippen molar-refractivity contribution in [1.82, 2.24) is 9.97 Å². The van der Waals surface area contributed by atoms with Crippen LogP contribution in [0.2, 0.25) is 5.02 Å². The zero-order valence-electron chi connectivity index (χ0n) is 22.7. The molecule has 214 valence electrons. The largest absolute Gasteiger partial charge is 0.494 e. The zero-order valence-corrected chi connectivity index (χ0v) is 24.3. The molecule has 2 aromatic carbocycles. The number of methoxy groups -OCH3 is 1. The van der Waals surface area contributed by atoms with Gasteiger partial charge in [-0.1, -0.05) is 23.8 Å². The molecular formula is C31H27ClF4N2O2S. The predicted octanol–water partition coefficient (Wildman–Crippen LogP) is 8.73. The number of thiazole rings is 1. The van der Waals surface area contributed by atoms with Gasteiger partial charge in [-0.3, -0.25) is 0 Å². The molecule has 41 heavy (non-hydrogen) atoms. The van der Waals surface area contributed by atoms with Crippen molar-refractivity contribution >= 4 is 33.2 Å². The molecule has 0 aliphatic heterocycles. The number of ether oxygens (including phenoxy) is 1. The van der Waals surface area contributed by atoms with Crippen LogP contribution in [0.15, 0.2) is 54.4 Å². The summed E-state index contributed by atoms with van der Waals surface area (Å²) in [5, 5.41) is 11.4. The number of fused-ring (bicyclic) bond motifs is 1. The number of rotatable bonds is 7. The summed E-state index contributed by atoms with van der Waals surface area (Å²) in [5.74, 6) is -3.68. The molecule has 0 spiro atoms. The summed E-state index contributed by atoms with van der Waals surface area (Å²) in [6, 6.07) is 6.81. The fourth-order valence-electron chi connectivity index (χ4n) is 5.17. The average molecular weight is 603 g/mol. The van der Waals surface area contributed by atoms with Crippen molar-refractivity contribution in [3.05, 3.63) is 98.7 Å². The molecule has 0 saturated heterocycles. The Kier molecular flexibility index (Phi) is 7.98. The standard InChI is InChI=1S/C31H27ClF4N2O2S/c1-15-37-30-26(40-4)9-16(10-27(30)41-15)8-19(17-6-5-7-18(33)11-17)25-13-21(31(2,3)39)28(36)29(38-25)20-12-22(32)24(35)14-23(20)34/h5-7,9-10,12-14,17,19,39H,8,11H2,1-4H3. The molecule has 0 saturated carbocycles. The number of aliphatic hydroxyl groups is 1. The summed E-state index contributed by atoms with van der Waals surface area (Å²) in [4.78, 5) is 9.08. The van der Waals surface area contributed by atoms with Crippen LogP contribution in [0.1, 0.15) is 48.0 Å². The number of hydrogen-bond donors (Lipinski definition) is 1. The van der Waals surface area contributed by atoms with Crippen LogP contribution in [-0.2, 0) is 12.0 Å². The molecule has 4 aromatic rings. The summed E-state index contributed by atoms with van der Waals surface area (Å²) in [6.45, 7) is 4.70. The van der Waals surface area contributed by atoms with E-state index in [2.05, 4.69) is 9.97 Å². The van der Waals surface area contributed by atoms with Gasteiger partial charge in [0.2, 0.25) is 0 Å². The first-order chi connectivity index (χ1) is 19.3. The van der Waals surface area contributed by atoms with E-state index in [0.717, 1.165) is 26.9 Å². The van der Waals surface area contributed by atoms with Crippen LogP contribution in [0.4, 0.5) is 17.6 Å². The molecule has 5 rings (SSSR count). The Morgan fingerprint density at radius 1 is 1.10 bits per heavy atom. The maximum atomic E-state index is 15.9. The first kappa shape index (κ1) is 29.2. The number of aromatic nitrogens is 2. The normalized spacial score (nSPS) is 16.2. The lowest BCUT2D eigenvalue weighted by molar-refractivity contribution is 0.0743. The van der Waals surface area contributed by atoms with E-state index in [1.165, 1.54) is 37.3 Å². The highest BCUT2D eigenvalue weighted by molar-refractivity contribution is 7.18. The topological polar surface area (TPSA) is 55.2 Å². The van der Waals surface area contributed by atoms with E-state index in [-0.39, 0.29) is 23.4 Å². The van der Waals surface area contributed by atoms with Gasteiger partial charge in [0.25, 0.3) is 0 Å². The van der Waals surface area contributed by atoms with E-state index in [9.17, 15) is 18.3 Å². The van der Waals surface area contributed by atoms with Gasteiger partial charge in [-0.05, 0) is 69.0 Å². The van der Waals surface area contributed by atoms with Crippen LogP contribution in [-0.4, -0.2) is 22.2 Å². The van der Waals surface area contributed by atoms with Gasteiger partial charge in [-0.15, -0.1) is 11.3 Å². The van der Waals surface area contributed by atoms with Gasteiger partial charge < -0.3 is 9.84 Å². The monoisotopic (exact) mass is 602 g/mol. The molecule has 0 bridgehead atoms. The van der Waals surface area contributed by atoms with Crippen LogP contribution in [0, 0.1) is 30.3 Å². The van der Waals surface area contributed by atoms with Gasteiger partial charge >= 0.3 is 0 Å². The SMILES string of the molecule is COc1cc(CC(c2cc(C(C)(C)O)c(F)c(-c3cc(Cl)c(F)cc3F)n2)C2C=CC=C(F)C2)cc2sc(C)nc12. The Morgan fingerprint density at radius 3 is 2.54 bits per heavy atom. The molecule has 4 nitrogen and oxygen atoms in total.